The van der Waals surface area contributed by atoms with Crippen LogP contribution in [0.4, 0.5) is 5.69 Å². The van der Waals surface area contributed by atoms with Crippen molar-refractivity contribution in [1.29, 1.82) is 0 Å². The second-order valence-corrected chi connectivity index (χ2v) is 4.48. The molecule has 1 aromatic carbocycles. The minimum absolute atomic E-state index is 0.838. The van der Waals surface area contributed by atoms with Gasteiger partial charge in [-0.1, -0.05) is 6.08 Å². The Morgan fingerprint density at radius 2 is 2.12 bits per heavy atom. The van der Waals surface area contributed by atoms with E-state index < -0.39 is 0 Å². The molecule has 2 nitrogen and oxygen atoms in total. The van der Waals surface area contributed by atoms with Gasteiger partial charge in [0, 0.05) is 28.4 Å². The lowest BCUT2D eigenvalue weighted by molar-refractivity contribution is 0.742. The zero-order chi connectivity index (χ0) is 11.0. The molecule has 0 radical (unpaired) electrons. The quantitative estimate of drug-likeness (QED) is 0.695. The van der Waals surface area contributed by atoms with Gasteiger partial charge in [-0.05, 0) is 49.5 Å². The first kappa shape index (κ1) is 9.52. The highest BCUT2D eigenvalue weighted by Crippen LogP contribution is 2.32. The average Bonchev–Trinajstić information content (AvgIpc) is 2.73. The molecule has 0 saturated carbocycles. The second kappa shape index (κ2) is 3.71. The third-order valence-corrected chi connectivity index (χ3v) is 3.34. The molecule has 0 fully saturated rings. The van der Waals surface area contributed by atoms with E-state index in [4.69, 9.17) is 5.73 Å². The van der Waals surface area contributed by atoms with E-state index in [1.165, 1.54) is 47.7 Å². The van der Waals surface area contributed by atoms with Crippen LogP contribution in [0.2, 0.25) is 0 Å². The summed E-state index contributed by atoms with van der Waals surface area (Å²) in [5, 5.41) is 1.26. The summed E-state index contributed by atoms with van der Waals surface area (Å²) < 4.78 is 0. The highest BCUT2D eigenvalue weighted by Gasteiger charge is 2.10. The molecule has 0 spiro atoms. The molecule has 3 rings (SSSR count). The molecule has 1 aromatic heterocycles. The Kier molecular flexibility index (Phi) is 2.21. The molecule has 0 bridgehead atoms. The number of H-pyrrole nitrogens is 1. The third kappa shape index (κ3) is 1.51. The monoisotopic (exact) mass is 212 g/mol. The molecule has 82 valence electrons. The molecule has 0 saturated heterocycles. The molecule has 0 amide bonds. The van der Waals surface area contributed by atoms with Gasteiger partial charge < -0.3 is 10.7 Å². The fourth-order valence-electron chi connectivity index (χ4n) is 2.49. The normalized spacial score (nSPS) is 16.4. The van der Waals surface area contributed by atoms with Gasteiger partial charge >= 0.3 is 0 Å². The summed E-state index contributed by atoms with van der Waals surface area (Å²) in [6.45, 7) is 0. The van der Waals surface area contributed by atoms with Gasteiger partial charge in [0.1, 0.15) is 0 Å². The molecule has 1 heterocycles. The van der Waals surface area contributed by atoms with E-state index in [2.05, 4.69) is 29.4 Å². The Hall–Kier alpha value is -1.70. The van der Waals surface area contributed by atoms with Crippen molar-refractivity contribution in [3.8, 4) is 0 Å². The molecule has 2 aromatic rings. The first-order chi connectivity index (χ1) is 7.84. The zero-order valence-electron chi connectivity index (χ0n) is 9.29. The Balaban J connectivity index is 2.16. The molecule has 1 aliphatic rings. The van der Waals surface area contributed by atoms with Gasteiger partial charge in [-0.15, -0.1) is 0 Å². The van der Waals surface area contributed by atoms with Crippen LogP contribution < -0.4 is 5.73 Å². The van der Waals surface area contributed by atoms with Crippen molar-refractivity contribution in [2.24, 2.45) is 0 Å². The SMILES string of the molecule is Nc1ccc2[nH]cc(C3=CCCCC3)c2c1. The van der Waals surface area contributed by atoms with Crippen molar-refractivity contribution in [3.05, 3.63) is 36.0 Å². The van der Waals surface area contributed by atoms with Gasteiger partial charge in [0.25, 0.3) is 0 Å². The predicted octanol–water partition coefficient (Wildman–Crippen LogP) is 3.71. The minimum Gasteiger partial charge on any atom is -0.399 e. The topological polar surface area (TPSA) is 41.8 Å². The Morgan fingerprint density at radius 1 is 1.19 bits per heavy atom. The average molecular weight is 212 g/mol. The number of hydrogen-bond acceptors (Lipinski definition) is 1. The maximum absolute atomic E-state index is 5.85. The first-order valence-electron chi connectivity index (χ1n) is 5.90. The van der Waals surface area contributed by atoms with Gasteiger partial charge in [0.2, 0.25) is 0 Å². The van der Waals surface area contributed by atoms with E-state index in [0.717, 1.165) is 5.69 Å². The van der Waals surface area contributed by atoms with Crippen LogP contribution in [0.5, 0.6) is 0 Å². The Bertz CT molecular complexity index is 549. The molecular formula is C14H16N2. The fourth-order valence-corrected chi connectivity index (χ4v) is 2.49. The molecule has 2 heteroatoms. The van der Waals surface area contributed by atoms with Crippen LogP contribution in [-0.2, 0) is 0 Å². The van der Waals surface area contributed by atoms with Crippen LogP contribution in [0.15, 0.2) is 30.5 Å². The number of benzene rings is 1. The van der Waals surface area contributed by atoms with E-state index in [9.17, 15) is 0 Å². The van der Waals surface area contributed by atoms with E-state index in [1.54, 1.807) is 0 Å². The summed E-state index contributed by atoms with van der Waals surface area (Å²) in [5.41, 5.74) is 10.7. The van der Waals surface area contributed by atoms with Gasteiger partial charge in [-0.3, -0.25) is 0 Å². The third-order valence-electron chi connectivity index (χ3n) is 3.34. The molecule has 16 heavy (non-hydrogen) atoms. The number of fused-ring (bicyclic) bond motifs is 1. The van der Waals surface area contributed by atoms with Crippen LogP contribution in [0.25, 0.3) is 16.5 Å². The molecule has 0 atom stereocenters. The highest BCUT2D eigenvalue weighted by atomic mass is 14.7. The number of allylic oxidation sites excluding steroid dienone is 2. The molecule has 3 N–H and O–H groups in total. The van der Waals surface area contributed by atoms with E-state index in [-0.39, 0.29) is 0 Å². The first-order valence-corrected chi connectivity index (χ1v) is 5.90. The van der Waals surface area contributed by atoms with Crippen LogP contribution >= 0.6 is 0 Å². The molecule has 0 aliphatic heterocycles. The maximum Gasteiger partial charge on any atom is 0.0461 e. The number of nitrogens with one attached hydrogen (secondary N) is 1. The lowest BCUT2D eigenvalue weighted by atomic mass is 9.93. The Morgan fingerprint density at radius 3 is 2.94 bits per heavy atom. The summed E-state index contributed by atoms with van der Waals surface area (Å²) in [4.78, 5) is 3.32. The van der Waals surface area contributed by atoms with Gasteiger partial charge in [-0.25, -0.2) is 0 Å². The number of aromatic amines is 1. The van der Waals surface area contributed by atoms with Crippen molar-refractivity contribution in [2.75, 3.05) is 5.73 Å². The number of nitrogen functional groups attached to an aromatic ring is 1. The predicted molar refractivity (Wildman–Crippen MR) is 69.2 cm³/mol. The van der Waals surface area contributed by atoms with Crippen molar-refractivity contribution < 1.29 is 0 Å². The fraction of sp³-hybridized carbons (Fsp3) is 0.286. The summed E-state index contributed by atoms with van der Waals surface area (Å²) in [6.07, 6.45) is 9.53. The van der Waals surface area contributed by atoms with Crippen molar-refractivity contribution in [3.63, 3.8) is 0 Å². The highest BCUT2D eigenvalue weighted by molar-refractivity contribution is 5.94. The van der Waals surface area contributed by atoms with Crippen LogP contribution in [0.3, 0.4) is 0 Å². The molecular weight excluding hydrogens is 196 g/mol. The van der Waals surface area contributed by atoms with E-state index in [1.807, 2.05) is 6.07 Å². The van der Waals surface area contributed by atoms with Crippen LogP contribution in [0.1, 0.15) is 31.2 Å². The summed E-state index contributed by atoms with van der Waals surface area (Å²) >= 11 is 0. The van der Waals surface area contributed by atoms with Crippen molar-refractivity contribution in [1.82, 2.24) is 4.98 Å². The smallest absolute Gasteiger partial charge is 0.0461 e. The summed E-state index contributed by atoms with van der Waals surface area (Å²) in [5.74, 6) is 0. The van der Waals surface area contributed by atoms with Crippen molar-refractivity contribution in [2.45, 2.75) is 25.7 Å². The lowest BCUT2D eigenvalue weighted by Gasteiger charge is -2.11. The second-order valence-electron chi connectivity index (χ2n) is 4.48. The standard InChI is InChI=1S/C14H16N2/c15-11-6-7-14-12(8-11)13(9-16-14)10-4-2-1-3-5-10/h4,6-9,16H,1-3,5,15H2. The van der Waals surface area contributed by atoms with Crippen LogP contribution in [-0.4, -0.2) is 4.98 Å². The molecule has 0 unspecified atom stereocenters. The van der Waals surface area contributed by atoms with Gasteiger partial charge in [0.15, 0.2) is 0 Å². The number of hydrogen-bond donors (Lipinski definition) is 2. The van der Waals surface area contributed by atoms with Gasteiger partial charge in [-0.2, -0.15) is 0 Å². The number of anilines is 1. The zero-order valence-corrected chi connectivity index (χ0v) is 9.29. The lowest BCUT2D eigenvalue weighted by Crippen LogP contribution is -1.91. The van der Waals surface area contributed by atoms with Gasteiger partial charge in [0.05, 0.1) is 0 Å². The van der Waals surface area contributed by atoms with Crippen LogP contribution in [0, 0.1) is 0 Å². The van der Waals surface area contributed by atoms with Crippen molar-refractivity contribution >= 4 is 22.2 Å². The number of aromatic nitrogens is 1. The summed E-state index contributed by atoms with van der Waals surface area (Å²) in [6, 6.07) is 6.06. The van der Waals surface area contributed by atoms with E-state index in [0.29, 0.717) is 0 Å². The maximum atomic E-state index is 5.85. The molecule has 1 aliphatic carbocycles. The summed E-state index contributed by atoms with van der Waals surface area (Å²) in [7, 11) is 0. The number of rotatable bonds is 1. The Labute approximate surface area is 95.2 Å². The largest absolute Gasteiger partial charge is 0.399 e. The number of nitrogens with two attached hydrogens (primary N) is 1. The van der Waals surface area contributed by atoms with E-state index >= 15 is 0 Å². The minimum atomic E-state index is 0.838.